The molecule has 0 aromatic heterocycles. The molecule has 0 spiro atoms. The van der Waals surface area contributed by atoms with E-state index >= 15 is 0 Å². The molecule has 0 bridgehead atoms. The van der Waals surface area contributed by atoms with E-state index in [1.165, 1.54) is 6.08 Å². The van der Waals surface area contributed by atoms with Crippen LogP contribution in [0.5, 0.6) is 11.5 Å². The highest BCUT2D eigenvalue weighted by Crippen LogP contribution is 2.33. The average molecular weight is 368 g/mol. The molecule has 0 aliphatic rings. The Morgan fingerprint density at radius 1 is 1.24 bits per heavy atom. The summed E-state index contributed by atoms with van der Waals surface area (Å²) in [5.74, 6) is 0.0418. The lowest BCUT2D eigenvalue weighted by molar-refractivity contribution is -0.131. The van der Waals surface area contributed by atoms with Gasteiger partial charge in [-0.1, -0.05) is 39.2 Å². The van der Waals surface area contributed by atoms with Crippen LogP contribution in [-0.2, 0) is 4.79 Å². The summed E-state index contributed by atoms with van der Waals surface area (Å²) in [6, 6.07) is 10.8. The van der Waals surface area contributed by atoms with E-state index in [0.717, 1.165) is 16.1 Å². The number of carboxylic acid groups (broad SMARTS) is 1. The summed E-state index contributed by atoms with van der Waals surface area (Å²) >= 11 is 9.45. The molecule has 2 aromatic carbocycles. The number of halogens is 2. The molecule has 0 unspecified atom stereocenters. The molecule has 2 aromatic rings. The van der Waals surface area contributed by atoms with Crippen molar-refractivity contribution in [3.63, 3.8) is 0 Å². The van der Waals surface area contributed by atoms with Crippen molar-refractivity contribution in [2.75, 3.05) is 0 Å². The van der Waals surface area contributed by atoms with E-state index in [4.69, 9.17) is 21.4 Å². The second kappa shape index (κ2) is 6.78. The fourth-order valence-corrected chi connectivity index (χ4v) is 2.44. The van der Waals surface area contributed by atoms with Gasteiger partial charge in [-0.3, -0.25) is 0 Å². The summed E-state index contributed by atoms with van der Waals surface area (Å²) in [4.78, 5) is 10.7. The van der Waals surface area contributed by atoms with Crippen molar-refractivity contribution < 1.29 is 14.6 Å². The van der Waals surface area contributed by atoms with Gasteiger partial charge in [0.05, 0.1) is 5.02 Å². The standard InChI is InChI=1S/C16H12BrClO3/c1-10-2-5-14(11(8-10)3-7-16(19)20)21-15-6-4-12(17)9-13(15)18/h2-9H,1H3,(H,19,20)/b7-3+. The Labute approximate surface area is 135 Å². The van der Waals surface area contributed by atoms with Crippen LogP contribution in [0.25, 0.3) is 6.08 Å². The fraction of sp³-hybridized carbons (Fsp3) is 0.0625. The van der Waals surface area contributed by atoms with Gasteiger partial charge in [-0.05, 0) is 43.3 Å². The van der Waals surface area contributed by atoms with E-state index in [1.807, 2.05) is 25.1 Å². The molecule has 0 aliphatic carbocycles. The van der Waals surface area contributed by atoms with Crippen LogP contribution in [0, 0.1) is 6.92 Å². The summed E-state index contributed by atoms with van der Waals surface area (Å²) in [6.45, 7) is 1.93. The summed E-state index contributed by atoms with van der Waals surface area (Å²) in [7, 11) is 0. The zero-order valence-corrected chi connectivity index (χ0v) is 13.5. The van der Waals surface area contributed by atoms with Crippen molar-refractivity contribution in [3.05, 3.63) is 63.1 Å². The minimum atomic E-state index is -1.01. The van der Waals surface area contributed by atoms with Gasteiger partial charge in [0, 0.05) is 16.1 Å². The molecular weight excluding hydrogens is 356 g/mol. The van der Waals surface area contributed by atoms with Crippen LogP contribution in [0.15, 0.2) is 46.9 Å². The second-order valence-electron chi connectivity index (χ2n) is 4.39. The quantitative estimate of drug-likeness (QED) is 0.746. The number of aryl methyl sites for hydroxylation is 1. The molecule has 0 fully saturated rings. The smallest absolute Gasteiger partial charge is 0.328 e. The molecule has 0 saturated carbocycles. The van der Waals surface area contributed by atoms with Gasteiger partial charge in [-0.15, -0.1) is 0 Å². The van der Waals surface area contributed by atoms with Crippen molar-refractivity contribution in [1.82, 2.24) is 0 Å². The van der Waals surface area contributed by atoms with Gasteiger partial charge in [0.2, 0.25) is 0 Å². The Morgan fingerprint density at radius 3 is 2.62 bits per heavy atom. The largest absolute Gasteiger partial charge is 0.478 e. The molecule has 0 heterocycles. The lowest BCUT2D eigenvalue weighted by Crippen LogP contribution is -1.91. The molecule has 1 N–H and O–H groups in total. The molecule has 2 rings (SSSR count). The molecule has 0 saturated heterocycles. The van der Waals surface area contributed by atoms with Crippen molar-refractivity contribution in [2.45, 2.75) is 6.92 Å². The minimum absolute atomic E-state index is 0.470. The molecular formula is C16H12BrClO3. The first-order valence-electron chi connectivity index (χ1n) is 6.10. The highest BCUT2D eigenvalue weighted by Gasteiger charge is 2.07. The summed E-state index contributed by atoms with van der Waals surface area (Å²) in [5, 5.41) is 9.22. The fourth-order valence-electron chi connectivity index (χ4n) is 1.73. The van der Waals surface area contributed by atoms with Gasteiger partial charge in [0.1, 0.15) is 11.5 Å². The minimum Gasteiger partial charge on any atom is -0.478 e. The van der Waals surface area contributed by atoms with E-state index < -0.39 is 5.97 Å². The van der Waals surface area contributed by atoms with Crippen LogP contribution < -0.4 is 4.74 Å². The third kappa shape index (κ3) is 4.34. The molecule has 21 heavy (non-hydrogen) atoms. The van der Waals surface area contributed by atoms with E-state index in [9.17, 15) is 4.79 Å². The van der Waals surface area contributed by atoms with E-state index in [1.54, 1.807) is 18.2 Å². The Balaban J connectivity index is 2.37. The Morgan fingerprint density at radius 2 is 1.95 bits per heavy atom. The highest BCUT2D eigenvalue weighted by molar-refractivity contribution is 9.10. The SMILES string of the molecule is Cc1ccc(Oc2ccc(Br)cc2Cl)c(/C=C/C(=O)O)c1. The normalized spacial score (nSPS) is 10.8. The number of carboxylic acids is 1. The molecule has 0 amide bonds. The van der Waals surface area contributed by atoms with Crippen molar-refractivity contribution in [3.8, 4) is 11.5 Å². The summed E-state index contributed by atoms with van der Waals surface area (Å²) < 4.78 is 6.64. The van der Waals surface area contributed by atoms with Crippen LogP contribution in [0.1, 0.15) is 11.1 Å². The van der Waals surface area contributed by atoms with Crippen molar-refractivity contribution >= 4 is 39.6 Å². The zero-order valence-electron chi connectivity index (χ0n) is 11.1. The van der Waals surface area contributed by atoms with Gasteiger partial charge in [-0.25, -0.2) is 4.79 Å². The van der Waals surface area contributed by atoms with Crippen LogP contribution in [-0.4, -0.2) is 11.1 Å². The lowest BCUT2D eigenvalue weighted by Gasteiger charge is -2.11. The number of carbonyl (C=O) groups is 1. The zero-order chi connectivity index (χ0) is 15.4. The van der Waals surface area contributed by atoms with Gasteiger partial charge >= 0.3 is 5.97 Å². The summed E-state index contributed by atoms with van der Waals surface area (Å²) in [6.07, 6.45) is 2.57. The number of ether oxygens (including phenoxy) is 1. The third-order valence-electron chi connectivity index (χ3n) is 2.68. The number of aliphatic carboxylic acids is 1. The Kier molecular flexibility index (Phi) is 5.04. The number of hydrogen-bond acceptors (Lipinski definition) is 2. The van der Waals surface area contributed by atoms with Gasteiger partial charge in [0.15, 0.2) is 0 Å². The maximum absolute atomic E-state index is 10.7. The van der Waals surface area contributed by atoms with Gasteiger partial charge in [-0.2, -0.15) is 0 Å². The maximum Gasteiger partial charge on any atom is 0.328 e. The molecule has 5 heteroatoms. The van der Waals surface area contributed by atoms with Gasteiger partial charge < -0.3 is 9.84 Å². The first-order chi connectivity index (χ1) is 9.95. The van der Waals surface area contributed by atoms with Gasteiger partial charge in [0.25, 0.3) is 0 Å². The first kappa shape index (κ1) is 15.6. The average Bonchev–Trinajstić information content (AvgIpc) is 2.41. The monoisotopic (exact) mass is 366 g/mol. The number of hydrogen-bond donors (Lipinski definition) is 1. The maximum atomic E-state index is 10.7. The highest BCUT2D eigenvalue weighted by atomic mass is 79.9. The molecule has 108 valence electrons. The van der Waals surface area contributed by atoms with E-state index in [-0.39, 0.29) is 0 Å². The van der Waals surface area contributed by atoms with E-state index in [2.05, 4.69) is 15.9 Å². The number of rotatable bonds is 4. The van der Waals surface area contributed by atoms with Crippen molar-refractivity contribution in [1.29, 1.82) is 0 Å². The van der Waals surface area contributed by atoms with E-state index in [0.29, 0.717) is 22.1 Å². The van der Waals surface area contributed by atoms with Crippen molar-refractivity contribution in [2.24, 2.45) is 0 Å². The molecule has 0 radical (unpaired) electrons. The number of benzene rings is 2. The van der Waals surface area contributed by atoms with Crippen LogP contribution in [0.2, 0.25) is 5.02 Å². The first-order valence-corrected chi connectivity index (χ1v) is 7.27. The second-order valence-corrected chi connectivity index (χ2v) is 5.71. The Hall–Kier alpha value is -1.78. The van der Waals surface area contributed by atoms with Crippen LogP contribution in [0.3, 0.4) is 0 Å². The predicted molar refractivity (Wildman–Crippen MR) is 87.1 cm³/mol. The lowest BCUT2D eigenvalue weighted by atomic mass is 10.1. The topological polar surface area (TPSA) is 46.5 Å². The molecule has 0 atom stereocenters. The van der Waals surface area contributed by atoms with Crippen LogP contribution >= 0.6 is 27.5 Å². The molecule has 0 aliphatic heterocycles. The third-order valence-corrected chi connectivity index (χ3v) is 3.47. The Bertz CT molecular complexity index is 711. The summed E-state index contributed by atoms with van der Waals surface area (Å²) in [5.41, 5.74) is 1.69. The van der Waals surface area contributed by atoms with Crippen LogP contribution in [0.4, 0.5) is 0 Å². The predicted octanol–water partition coefficient (Wildman–Crippen LogP) is 5.30. The molecule has 3 nitrogen and oxygen atoms in total.